The van der Waals surface area contributed by atoms with E-state index in [2.05, 4.69) is 19.9 Å². The van der Waals surface area contributed by atoms with Crippen molar-refractivity contribution in [1.82, 2.24) is 0 Å². The maximum Gasteiger partial charge on any atom is 0.0715 e. The van der Waals surface area contributed by atoms with Gasteiger partial charge in [0.1, 0.15) is 0 Å². The van der Waals surface area contributed by atoms with Crippen LogP contribution in [0.25, 0.3) is 0 Å². The Balaban J connectivity index is 2.80. The lowest BCUT2D eigenvalue weighted by Gasteiger charge is -2.11. The molecule has 1 aromatic carbocycles. The molecule has 1 atom stereocenters. The van der Waals surface area contributed by atoms with Gasteiger partial charge in [-0.25, -0.2) is 0 Å². The van der Waals surface area contributed by atoms with E-state index in [9.17, 15) is 0 Å². The summed E-state index contributed by atoms with van der Waals surface area (Å²) in [6.07, 6.45) is 0.903. The van der Waals surface area contributed by atoms with E-state index >= 15 is 0 Å². The molecule has 0 aliphatic carbocycles. The lowest BCUT2D eigenvalue weighted by molar-refractivity contribution is 0.555. The van der Waals surface area contributed by atoms with Gasteiger partial charge in [-0.3, -0.25) is 0 Å². The van der Waals surface area contributed by atoms with Gasteiger partial charge in [0, 0.05) is 5.69 Å². The van der Waals surface area contributed by atoms with Crippen molar-refractivity contribution in [3.05, 3.63) is 29.8 Å². The molecule has 0 radical (unpaired) electrons. The van der Waals surface area contributed by atoms with Gasteiger partial charge in [-0.05, 0) is 30.0 Å². The minimum atomic E-state index is -0.00407. The Kier molecular flexibility index (Phi) is 3.53. The molecule has 0 aromatic heterocycles. The monoisotopic (exact) mass is 188 g/mol. The van der Waals surface area contributed by atoms with Crippen LogP contribution in [-0.2, 0) is 0 Å². The summed E-state index contributed by atoms with van der Waals surface area (Å²) in [5, 5.41) is 9.02. The van der Waals surface area contributed by atoms with E-state index in [-0.39, 0.29) is 5.92 Å². The van der Waals surface area contributed by atoms with E-state index < -0.39 is 0 Å². The SMILES string of the molecule is CC(C)CC(C#N)c1ccc(N)cc1. The minimum Gasteiger partial charge on any atom is -0.399 e. The van der Waals surface area contributed by atoms with Gasteiger partial charge < -0.3 is 5.73 Å². The van der Waals surface area contributed by atoms with Crippen molar-refractivity contribution in [3.63, 3.8) is 0 Å². The number of nitrogen functional groups attached to an aromatic ring is 1. The van der Waals surface area contributed by atoms with Gasteiger partial charge in [0.25, 0.3) is 0 Å². The van der Waals surface area contributed by atoms with Gasteiger partial charge in [0.15, 0.2) is 0 Å². The Morgan fingerprint density at radius 3 is 2.29 bits per heavy atom. The van der Waals surface area contributed by atoms with E-state index in [1.54, 1.807) is 0 Å². The molecular formula is C12H16N2. The standard InChI is InChI=1S/C12H16N2/c1-9(2)7-11(8-13)10-3-5-12(14)6-4-10/h3-6,9,11H,7,14H2,1-2H3. The van der Waals surface area contributed by atoms with Crippen molar-refractivity contribution in [2.75, 3.05) is 5.73 Å². The fourth-order valence-electron chi connectivity index (χ4n) is 1.46. The smallest absolute Gasteiger partial charge is 0.0715 e. The first-order valence-electron chi connectivity index (χ1n) is 4.88. The predicted octanol–water partition coefficient (Wildman–Crippen LogP) is 2.92. The number of nitrogens with two attached hydrogens (primary N) is 1. The van der Waals surface area contributed by atoms with Gasteiger partial charge in [-0.2, -0.15) is 5.26 Å². The third-order valence-corrected chi connectivity index (χ3v) is 2.20. The highest BCUT2D eigenvalue weighted by atomic mass is 14.5. The topological polar surface area (TPSA) is 49.8 Å². The second kappa shape index (κ2) is 4.66. The summed E-state index contributed by atoms with van der Waals surface area (Å²) < 4.78 is 0. The molecule has 2 heteroatoms. The second-order valence-electron chi connectivity index (χ2n) is 3.98. The van der Waals surface area contributed by atoms with Crippen LogP contribution in [0, 0.1) is 17.2 Å². The molecule has 0 saturated carbocycles. The molecule has 0 amide bonds. The normalized spacial score (nSPS) is 12.4. The molecule has 0 saturated heterocycles. The van der Waals surface area contributed by atoms with Crippen molar-refractivity contribution in [1.29, 1.82) is 5.26 Å². The van der Waals surface area contributed by atoms with E-state index in [1.165, 1.54) is 0 Å². The molecule has 1 unspecified atom stereocenters. The average Bonchev–Trinajstić information content (AvgIpc) is 2.15. The van der Waals surface area contributed by atoms with Crippen molar-refractivity contribution in [2.45, 2.75) is 26.2 Å². The Morgan fingerprint density at radius 1 is 1.29 bits per heavy atom. The van der Waals surface area contributed by atoms with Crippen molar-refractivity contribution in [2.24, 2.45) is 5.92 Å². The predicted molar refractivity (Wildman–Crippen MR) is 58.7 cm³/mol. The third-order valence-electron chi connectivity index (χ3n) is 2.20. The van der Waals surface area contributed by atoms with Crippen molar-refractivity contribution in [3.8, 4) is 6.07 Å². The quantitative estimate of drug-likeness (QED) is 0.741. The molecule has 1 aromatic rings. The summed E-state index contributed by atoms with van der Waals surface area (Å²) >= 11 is 0. The second-order valence-corrected chi connectivity index (χ2v) is 3.98. The molecule has 0 heterocycles. The van der Waals surface area contributed by atoms with Crippen LogP contribution in [0.2, 0.25) is 0 Å². The molecule has 0 spiro atoms. The molecule has 0 aliphatic heterocycles. The maximum atomic E-state index is 9.02. The number of hydrogen-bond acceptors (Lipinski definition) is 2. The summed E-state index contributed by atoms with van der Waals surface area (Å²) in [4.78, 5) is 0. The molecule has 14 heavy (non-hydrogen) atoms. The molecule has 0 fully saturated rings. The summed E-state index contributed by atoms with van der Waals surface area (Å²) in [6.45, 7) is 4.25. The van der Waals surface area contributed by atoms with Gasteiger partial charge in [0.05, 0.1) is 12.0 Å². The van der Waals surface area contributed by atoms with Gasteiger partial charge in [-0.15, -0.1) is 0 Å². The van der Waals surface area contributed by atoms with E-state index in [1.807, 2.05) is 24.3 Å². The highest BCUT2D eigenvalue weighted by molar-refractivity contribution is 5.41. The van der Waals surface area contributed by atoms with Crippen LogP contribution in [0.5, 0.6) is 0 Å². The Hall–Kier alpha value is -1.49. The Morgan fingerprint density at radius 2 is 1.86 bits per heavy atom. The van der Waals surface area contributed by atoms with E-state index in [0.29, 0.717) is 5.92 Å². The average molecular weight is 188 g/mol. The summed E-state index contributed by atoms with van der Waals surface area (Å²) in [5.41, 5.74) is 7.40. The molecule has 2 N–H and O–H groups in total. The first-order chi connectivity index (χ1) is 6.63. The molecule has 0 bridgehead atoms. The summed E-state index contributed by atoms with van der Waals surface area (Å²) in [5.74, 6) is 0.535. The highest BCUT2D eigenvalue weighted by Gasteiger charge is 2.11. The first kappa shape index (κ1) is 10.6. The third kappa shape index (κ3) is 2.77. The summed E-state index contributed by atoms with van der Waals surface area (Å²) in [6, 6.07) is 9.89. The fourth-order valence-corrected chi connectivity index (χ4v) is 1.46. The lowest BCUT2D eigenvalue weighted by atomic mass is 9.91. The Labute approximate surface area is 85.4 Å². The zero-order valence-corrected chi connectivity index (χ0v) is 8.70. The van der Waals surface area contributed by atoms with Crippen LogP contribution < -0.4 is 5.73 Å². The Bertz CT molecular complexity index is 319. The van der Waals surface area contributed by atoms with Crippen LogP contribution in [0.3, 0.4) is 0 Å². The minimum absolute atomic E-state index is 0.00407. The molecule has 1 rings (SSSR count). The van der Waals surface area contributed by atoms with Crippen LogP contribution in [-0.4, -0.2) is 0 Å². The van der Waals surface area contributed by atoms with E-state index in [4.69, 9.17) is 11.0 Å². The number of hydrogen-bond donors (Lipinski definition) is 1. The number of rotatable bonds is 3. The number of anilines is 1. The molecule has 2 nitrogen and oxygen atoms in total. The lowest BCUT2D eigenvalue weighted by Crippen LogP contribution is -2.00. The van der Waals surface area contributed by atoms with Crippen LogP contribution in [0.1, 0.15) is 31.7 Å². The number of nitrogens with zero attached hydrogens (tertiary/aromatic N) is 1. The molecule has 0 aliphatic rings. The first-order valence-corrected chi connectivity index (χ1v) is 4.88. The van der Waals surface area contributed by atoms with Crippen molar-refractivity contribution < 1.29 is 0 Å². The van der Waals surface area contributed by atoms with Crippen LogP contribution >= 0.6 is 0 Å². The van der Waals surface area contributed by atoms with Gasteiger partial charge in [0.2, 0.25) is 0 Å². The van der Waals surface area contributed by atoms with Crippen molar-refractivity contribution >= 4 is 5.69 Å². The molecule has 74 valence electrons. The number of benzene rings is 1. The fraction of sp³-hybridized carbons (Fsp3) is 0.417. The molecular weight excluding hydrogens is 172 g/mol. The van der Waals surface area contributed by atoms with Gasteiger partial charge >= 0.3 is 0 Å². The zero-order valence-electron chi connectivity index (χ0n) is 8.70. The number of nitriles is 1. The highest BCUT2D eigenvalue weighted by Crippen LogP contribution is 2.23. The van der Waals surface area contributed by atoms with E-state index in [0.717, 1.165) is 17.7 Å². The maximum absolute atomic E-state index is 9.02. The van der Waals surface area contributed by atoms with Crippen LogP contribution in [0.4, 0.5) is 5.69 Å². The zero-order chi connectivity index (χ0) is 10.6. The largest absolute Gasteiger partial charge is 0.399 e. The van der Waals surface area contributed by atoms with Gasteiger partial charge in [-0.1, -0.05) is 26.0 Å². The van der Waals surface area contributed by atoms with Crippen LogP contribution in [0.15, 0.2) is 24.3 Å². The summed E-state index contributed by atoms with van der Waals surface area (Å²) in [7, 11) is 0.